The number of nitrogen functional groups attached to an aromatic ring is 1. The molecule has 1 aliphatic heterocycles. The van der Waals surface area contributed by atoms with E-state index >= 15 is 0 Å². The van der Waals surface area contributed by atoms with E-state index in [2.05, 4.69) is 9.97 Å². The van der Waals surface area contributed by atoms with Crippen LogP contribution in [0.4, 0.5) is 15.9 Å². The van der Waals surface area contributed by atoms with Crippen LogP contribution in [0, 0.1) is 5.82 Å². The van der Waals surface area contributed by atoms with Crippen molar-refractivity contribution in [2.45, 2.75) is 13.0 Å². The standard InChI is InChI=1S/C20H17FN4O2/c1-12-10-25(20(26)17-18(22)23-11-24-19(17)27-12)14-8-6-13(7-9-14)15-4-2-3-5-16(15)21/h2-9,11-12H,10H2,1H3,(H2,22,23,24)/t12-/m1/s1. The zero-order chi connectivity index (χ0) is 19.0. The maximum atomic E-state index is 14.0. The molecular formula is C20H17FN4O2. The second-order valence-electron chi connectivity index (χ2n) is 6.31. The number of halogens is 1. The van der Waals surface area contributed by atoms with Gasteiger partial charge in [-0.15, -0.1) is 0 Å². The first-order valence-corrected chi connectivity index (χ1v) is 8.48. The number of hydrogen-bond donors (Lipinski definition) is 1. The number of fused-ring (bicyclic) bond motifs is 1. The molecule has 2 N–H and O–H groups in total. The van der Waals surface area contributed by atoms with Gasteiger partial charge in [0, 0.05) is 11.3 Å². The molecule has 6 nitrogen and oxygen atoms in total. The summed E-state index contributed by atoms with van der Waals surface area (Å²) in [5, 5.41) is 0. The van der Waals surface area contributed by atoms with E-state index in [1.807, 2.05) is 6.92 Å². The van der Waals surface area contributed by atoms with Crippen molar-refractivity contribution in [3.63, 3.8) is 0 Å². The number of ether oxygens (including phenoxy) is 1. The van der Waals surface area contributed by atoms with Crippen LogP contribution in [0.3, 0.4) is 0 Å². The lowest BCUT2D eigenvalue weighted by Gasteiger charge is -2.22. The first kappa shape index (κ1) is 17.0. The third-order valence-corrected chi connectivity index (χ3v) is 4.42. The lowest BCUT2D eigenvalue weighted by atomic mass is 10.0. The number of nitrogens with two attached hydrogens (primary N) is 1. The zero-order valence-corrected chi connectivity index (χ0v) is 14.6. The van der Waals surface area contributed by atoms with E-state index in [0.29, 0.717) is 17.8 Å². The predicted molar refractivity (Wildman–Crippen MR) is 100 cm³/mol. The van der Waals surface area contributed by atoms with E-state index in [9.17, 15) is 9.18 Å². The number of carbonyl (C=O) groups excluding carboxylic acids is 1. The summed E-state index contributed by atoms with van der Waals surface area (Å²) < 4.78 is 19.7. The highest BCUT2D eigenvalue weighted by molar-refractivity contribution is 6.10. The summed E-state index contributed by atoms with van der Waals surface area (Å²) in [5.74, 6) is -0.361. The molecule has 0 spiro atoms. The Bertz CT molecular complexity index is 1010. The summed E-state index contributed by atoms with van der Waals surface area (Å²) in [6.07, 6.45) is 0.989. The number of benzene rings is 2. The molecule has 0 aliphatic carbocycles. The summed E-state index contributed by atoms with van der Waals surface area (Å²) in [6.45, 7) is 2.18. The van der Waals surface area contributed by atoms with Crippen molar-refractivity contribution in [1.29, 1.82) is 0 Å². The average Bonchev–Trinajstić information content (AvgIpc) is 2.79. The van der Waals surface area contributed by atoms with E-state index in [1.165, 1.54) is 12.4 Å². The van der Waals surface area contributed by atoms with Gasteiger partial charge in [-0.05, 0) is 30.7 Å². The molecule has 0 radical (unpaired) electrons. The largest absolute Gasteiger partial charge is 0.472 e. The predicted octanol–water partition coefficient (Wildman–Crippen LogP) is 3.29. The summed E-state index contributed by atoms with van der Waals surface area (Å²) in [5.41, 5.74) is 7.93. The molecule has 7 heteroatoms. The third-order valence-electron chi connectivity index (χ3n) is 4.42. The molecule has 2 aromatic carbocycles. The van der Waals surface area contributed by atoms with Crippen molar-refractivity contribution in [2.24, 2.45) is 0 Å². The maximum Gasteiger partial charge on any atom is 0.267 e. The molecule has 1 amide bonds. The van der Waals surface area contributed by atoms with Gasteiger partial charge in [0.05, 0.1) is 6.54 Å². The number of hydrogen-bond acceptors (Lipinski definition) is 5. The van der Waals surface area contributed by atoms with E-state index in [4.69, 9.17) is 10.5 Å². The lowest BCUT2D eigenvalue weighted by Crippen LogP contribution is -2.36. The normalized spacial score (nSPS) is 16.4. The molecule has 1 atom stereocenters. The highest BCUT2D eigenvalue weighted by Gasteiger charge is 2.31. The Hall–Kier alpha value is -3.48. The van der Waals surface area contributed by atoms with Gasteiger partial charge >= 0.3 is 0 Å². The van der Waals surface area contributed by atoms with E-state index in [-0.39, 0.29) is 35.1 Å². The molecule has 4 rings (SSSR count). The minimum atomic E-state index is -0.328. The van der Waals surface area contributed by atoms with Crippen LogP contribution in [0.25, 0.3) is 11.1 Å². The molecule has 1 aliphatic rings. The minimum Gasteiger partial charge on any atom is -0.472 e. The molecule has 0 saturated carbocycles. The van der Waals surface area contributed by atoms with E-state index < -0.39 is 0 Å². The second kappa shape index (κ2) is 6.68. The summed E-state index contributed by atoms with van der Waals surface area (Å²) in [6, 6.07) is 13.7. The molecule has 0 bridgehead atoms. The average molecular weight is 364 g/mol. The van der Waals surface area contributed by atoms with Gasteiger partial charge in [-0.25, -0.2) is 14.4 Å². The number of rotatable bonds is 2. The number of carbonyl (C=O) groups is 1. The van der Waals surface area contributed by atoms with Crippen LogP contribution >= 0.6 is 0 Å². The molecule has 0 saturated heterocycles. The third kappa shape index (κ3) is 3.08. The van der Waals surface area contributed by atoms with Gasteiger partial charge in [-0.2, -0.15) is 0 Å². The number of anilines is 2. The van der Waals surface area contributed by atoms with Crippen LogP contribution in [0.5, 0.6) is 5.88 Å². The number of aromatic nitrogens is 2. The Morgan fingerprint density at radius 3 is 2.63 bits per heavy atom. The molecule has 27 heavy (non-hydrogen) atoms. The zero-order valence-electron chi connectivity index (χ0n) is 14.6. The second-order valence-corrected chi connectivity index (χ2v) is 6.31. The Balaban J connectivity index is 1.71. The smallest absolute Gasteiger partial charge is 0.267 e. The van der Waals surface area contributed by atoms with Gasteiger partial charge in [-0.3, -0.25) is 4.79 Å². The molecule has 0 unspecified atom stereocenters. The number of nitrogens with zero attached hydrogens (tertiary/aromatic N) is 3. The molecule has 3 aromatic rings. The fourth-order valence-corrected chi connectivity index (χ4v) is 3.11. The molecule has 2 heterocycles. The van der Waals surface area contributed by atoms with Crippen LogP contribution in [-0.2, 0) is 0 Å². The number of amides is 1. The van der Waals surface area contributed by atoms with E-state index in [0.717, 1.165) is 5.56 Å². The monoisotopic (exact) mass is 364 g/mol. The van der Waals surface area contributed by atoms with Crippen LogP contribution in [0.15, 0.2) is 54.9 Å². The van der Waals surface area contributed by atoms with Crippen molar-refractivity contribution in [3.8, 4) is 17.0 Å². The lowest BCUT2D eigenvalue weighted by molar-refractivity contribution is 0.0988. The Kier molecular flexibility index (Phi) is 4.19. The summed E-state index contributed by atoms with van der Waals surface area (Å²) in [4.78, 5) is 22.5. The van der Waals surface area contributed by atoms with Crippen LogP contribution in [-0.4, -0.2) is 28.5 Å². The van der Waals surface area contributed by atoms with Gasteiger partial charge in [0.25, 0.3) is 5.91 Å². The van der Waals surface area contributed by atoms with Crippen LogP contribution in [0.1, 0.15) is 17.3 Å². The quantitative estimate of drug-likeness (QED) is 0.755. The van der Waals surface area contributed by atoms with Crippen molar-refractivity contribution >= 4 is 17.4 Å². The minimum absolute atomic E-state index is 0.0760. The van der Waals surface area contributed by atoms with Crippen LogP contribution < -0.4 is 15.4 Å². The Morgan fingerprint density at radius 2 is 1.89 bits per heavy atom. The Morgan fingerprint density at radius 1 is 1.15 bits per heavy atom. The highest BCUT2D eigenvalue weighted by atomic mass is 19.1. The van der Waals surface area contributed by atoms with Gasteiger partial charge < -0.3 is 15.4 Å². The summed E-state index contributed by atoms with van der Waals surface area (Å²) in [7, 11) is 0. The van der Waals surface area contributed by atoms with Crippen molar-refractivity contribution in [2.75, 3.05) is 17.2 Å². The Labute approximate surface area is 155 Å². The molecule has 1 aromatic heterocycles. The fraction of sp³-hybridized carbons (Fsp3) is 0.150. The first-order valence-electron chi connectivity index (χ1n) is 8.48. The van der Waals surface area contributed by atoms with Gasteiger partial charge in [0.15, 0.2) is 0 Å². The van der Waals surface area contributed by atoms with Gasteiger partial charge in [-0.1, -0.05) is 30.3 Å². The topological polar surface area (TPSA) is 81.3 Å². The van der Waals surface area contributed by atoms with E-state index in [1.54, 1.807) is 47.4 Å². The molecular weight excluding hydrogens is 347 g/mol. The van der Waals surface area contributed by atoms with Crippen molar-refractivity contribution in [1.82, 2.24) is 9.97 Å². The maximum absolute atomic E-state index is 14.0. The van der Waals surface area contributed by atoms with Crippen molar-refractivity contribution in [3.05, 3.63) is 66.2 Å². The fourth-order valence-electron chi connectivity index (χ4n) is 3.11. The van der Waals surface area contributed by atoms with Gasteiger partial charge in [0.2, 0.25) is 5.88 Å². The highest BCUT2D eigenvalue weighted by Crippen LogP contribution is 2.31. The molecule has 136 valence electrons. The van der Waals surface area contributed by atoms with Gasteiger partial charge in [0.1, 0.15) is 29.6 Å². The van der Waals surface area contributed by atoms with Crippen molar-refractivity contribution < 1.29 is 13.9 Å². The van der Waals surface area contributed by atoms with Crippen LogP contribution in [0.2, 0.25) is 0 Å². The first-order chi connectivity index (χ1) is 13.0. The summed E-state index contributed by atoms with van der Waals surface area (Å²) >= 11 is 0. The molecule has 0 fully saturated rings. The SMILES string of the molecule is C[C@@H]1CN(c2ccc(-c3ccccc3F)cc2)C(=O)c2c(N)ncnc2O1.